The molecule has 5 nitrogen and oxygen atoms in total. The quantitative estimate of drug-likeness (QED) is 0.842. The van der Waals surface area contributed by atoms with Gasteiger partial charge in [0, 0.05) is 13.6 Å². The zero-order chi connectivity index (χ0) is 17.5. The van der Waals surface area contributed by atoms with Gasteiger partial charge in [-0.3, -0.25) is 0 Å². The topological polar surface area (TPSA) is 61.8 Å². The number of urea groups is 1. The average Bonchev–Trinajstić information content (AvgIpc) is 2.56. The molecule has 0 aliphatic heterocycles. The van der Waals surface area contributed by atoms with Crippen molar-refractivity contribution in [3.05, 3.63) is 54.1 Å². The van der Waals surface area contributed by atoms with Gasteiger partial charge in [-0.05, 0) is 50.1 Å². The maximum absolute atomic E-state index is 12.3. The third-order valence-corrected chi connectivity index (χ3v) is 3.58. The fraction of sp³-hybridized carbons (Fsp3) is 0.316. The highest BCUT2D eigenvalue weighted by Gasteiger charge is 2.13. The van der Waals surface area contributed by atoms with Crippen LogP contribution in [0.25, 0.3) is 0 Å². The Kier molecular flexibility index (Phi) is 6.21. The average molecular weight is 328 g/mol. The van der Waals surface area contributed by atoms with Crippen LogP contribution in [0.5, 0.6) is 11.5 Å². The fourth-order valence-electron chi connectivity index (χ4n) is 2.14. The molecular weight excluding hydrogens is 304 g/mol. The zero-order valence-corrected chi connectivity index (χ0v) is 14.3. The predicted octanol–water partition coefficient (Wildman–Crippen LogP) is 4.02. The Morgan fingerprint density at radius 1 is 1.25 bits per heavy atom. The molecule has 0 heterocycles. The number of rotatable bonds is 6. The summed E-state index contributed by atoms with van der Waals surface area (Å²) in [5, 5.41) is 12.2. The Hall–Kier alpha value is -2.53. The first-order valence-corrected chi connectivity index (χ1v) is 7.99. The van der Waals surface area contributed by atoms with E-state index < -0.39 is 6.10 Å². The van der Waals surface area contributed by atoms with Crippen LogP contribution >= 0.6 is 0 Å². The summed E-state index contributed by atoms with van der Waals surface area (Å²) < 4.78 is 5.87. The zero-order valence-electron chi connectivity index (χ0n) is 14.3. The van der Waals surface area contributed by atoms with E-state index in [0.29, 0.717) is 30.2 Å². The number of aliphatic hydroxyl groups is 1. The largest absolute Gasteiger partial charge is 0.455 e. The number of nitrogens with one attached hydrogen (secondary N) is 1. The third kappa shape index (κ3) is 5.28. The van der Waals surface area contributed by atoms with Crippen molar-refractivity contribution in [1.82, 2.24) is 4.90 Å². The maximum Gasteiger partial charge on any atom is 0.321 e. The molecule has 2 aromatic rings. The second kappa shape index (κ2) is 8.36. The summed E-state index contributed by atoms with van der Waals surface area (Å²) in [7, 11) is 1.70. The second-order valence-corrected chi connectivity index (χ2v) is 5.90. The molecule has 0 saturated carbocycles. The standard InChI is InChI=1S/C19H24N2O3/c1-14-9-10-18(24-16-7-5-4-6-8-16)17(13-14)20-19(23)21(3)12-11-15(2)22/h4-10,13,15,22H,11-12H2,1-3H3,(H,20,23). The molecule has 0 spiro atoms. The minimum absolute atomic E-state index is 0.237. The fourth-order valence-corrected chi connectivity index (χ4v) is 2.14. The number of benzene rings is 2. The van der Waals surface area contributed by atoms with E-state index in [9.17, 15) is 9.90 Å². The molecular formula is C19H24N2O3. The molecule has 128 valence electrons. The summed E-state index contributed by atoms with van der Waals surface area (Å²) in [6, 6.07) is 14.8. The summed E-state index contributed by atoms with van der Waals surface area (Å²) in [6.07, 6.45) is 0.0988. The molecule has 0 fully saturated rings. The molecule has 0 radical (unpaired) electrons. The Morgan fingerprint density at radius 2 is 1.96 bits per heavy atom. The Bertz CT molecular complexity index is 672. The molecule has 2 N–H and O–H groups in total. The first-order chi connectivity index (χ1) is 11.5. The summed E-state index contributed by atoms with van der Waals surface area (Å²) in [6.45, 7) is 4.14. The minimum Gasteiger partial charge on any atom is -0.455 e. The maximum atomic E-state index is 12.3. The highest BCUT2D eigenvalue weighted by Crippen LogP contribution is 2.30. The van der Waals surface area contributed by atoms with Crippen LogP contribution in [-0.2, 0) is 0 Å². The van der Waals surface area contributed by atoms with Crippen LogP contribution in [0.1, 0.15) is 18.9 Å². The molecule has 2 aromatic carbocycles. The normalized spacial score (nSPS) is 11.7. The number of anilines is 1. The van der Waals surface area contributed by atoms with Crippen molar-refractivity contribution in [2.24, 2.45) is 0 Å². The van der Waals surface area contributed by atoms with Crippen LogP contribution < -0.4 is 10.1 Å². The Balaban J connectivity index is 2.11. The van der Waals surface area contributed by atoms with Crippen molar-refractivity contribution in [2.75, 3.05) is 18.9 Å². The van der Waals surface area contributed by atoms with Gasteiger partial charge in [0.25, 0.3) is 0 Å². The van der Waals surface area contributed by atoms with Gasteiger partial charge >= 0.3 is 6.03 Å². The van der Waals surface area contributed by atoms with E-state index in [4.69, 9.17) is 4.74 Å². The molecule has 2 rings (SSSR count). The SMILES string of the molecule is Cc1ccc(Oc2ccccc2)c(NC(=O)N(C)CCC(C)O)c1. The van der Waals surface area contributed by atoms with Crippen molar-refractivity contribution in [3.8, 4) is 11.5 Å². The minimum atomic E-state index is -0.434. The Morgan fingerprint density at radius 3 is 2.62 bits per heavy atom. The van der Waals surface area contributed by atoms with Gasteiger partial charge in [0.2, 0.25) is 0 Å². The smallest absolute Gasteiger partial charge is 0.321 e. The van der Waals surface area contributed by atoms with Crippen molar-refractivity contribution in [2.45, 2.75) is 26.4 Å². The number of ether oxygens (including phenoxy) is 1. The first-order valence-electron chi connectivity index (χ1n) is 7.99. The van der Waals surface area contributed by atoms with Gasteiger partial charge in [-0.1, -0.05) is 24.3 Å². The molecule has 0 bridgehead atoms. The number of aryl methyl sites for hydroxylation is 1. The summed E-state index contributed by atoms with van der Waals surface area (Å²) in [5.74, 6) is 1.29. The number of carbonyl (C=O) groups excluding carboxylic acids is 1. The molecule has 0 saturated heterocycles. The number of hydrogen-bond donors (Lipinski definition) is 2. The lowest BCUT2D eigenvalue weighted by atomic mass is 10.2. The lowest BCUT2D eigenvalue weighted by Crippen LogP contribution is -2.33. The van der Waals surface area contributed by atoms with Gasteiger partial charge in [0.1, 0.15) is 5.75 Å². The number of carbonyl (C=O) groups is 1. The van der Waals surface area contributed by atoms with E-state index in [-0.39, 0.29) is 6.03 Å². The van der Waals surface area contributed by atoms with Gasteiger partial charge in [-0.25, -0.2) is 4.79 Å². The monoisotopic (exact) mass is 328 g/mol. The molecule has 24 heavy (non-hydrogen) atoms. The van der Waals surface area contributed by atoms with Crippen LogP contribution in [0.3, 0.4) is 0 Å². The molecule has 1 unspecified atom stereocenters. The molecule has 5 heteroatoms. The van der Waals surface area contributed by atoms with Crippen LogP contribution in [0.15, 0.2) is 48.5 Å². The number of aliphatic hydroxyl groups excluding tert-OH is 1. The van der Waals surface area contributed by atoms with E-state index in [1.54, 1.807) is 18.9 Å². The molecule has 0 aliphatic carbocycles. The van der Waals surface area contributed by atoms with Gasteiger partial charge in [-0.15, -0.1) is 0 Å². The van der Waals surface area contributed by atoms with Crippen molar-refractivity contribution in [1.29, 1.82) is 0 Å². The number of amides is 2. The van der Waals surface area contributed by atoms with Gasteiger partial charge < -0.3 is 20.1 Å². The van der Waals surface area contributed by atoms with Crippen LogP contribution in [0.2, 0.25) is 0 Å². The van der Waals surface area contributed by atoms with Crippen LogP contribution in [0.4, 0.5) is 10.5 Å². The number of hydrogen-bond acceptors (Lipinski definition) is 3. The lowest BCUT2D eigenvalue weighted by molar-refractivity contribution is 0.167. The van der Waals surface area contributed by atoms with Crippen molar-refractivity contribution >= 4 is 11.7 Å². The lowest BCUT2D eigenvalue weighted by Gasteiger charge is -2.20. The number of para-hydroxylation sites is 1. The van der Waals surface area contributed by atoms with E-state index >= 15 is 0 Å². The molecule has 0 aliphatic rings. The highest BCUT2D eigenvalue weighted by molar-refractivity contribution is 5.91. The molecule has 2 amide bonds. The second-order valence-electron chi connectivity index (χ2n) is 5.90. The third-order valence-electron chi connectivity index (χ3n) is 3.58. The van der Waals surface area contributed by atoms with Crippen LogP contribution in [0, 0.1) is 6.92 Å². The summed E-state index contributed by atoms with van der Waals surface area (Å²) in [4.78, 5) is 13.9. The van der Waals surface area contributed by atoms with Gasteiger partial charge in [0.05, 0.1) is 11.8 Å². The summed E-state index contributed by atoms with van der Waals surface area (Å²) >= 11 is 0. The first kappa shape index (κ1) is 17.8. The van der Waals surface area contributed by atoms with E-state index in [0.717, 1.165) is 5.56 Å². The number of nitrogens with zero attached hydrogens (tertiary/aromatic N) is 1. The Labute approximate surface area is 142 Å². The van der Waals surface area contributed by atoms with Gasteiger partial charge in [-0.2, -0.15) is 0 Å². The molecule has 1 atom stereocenters. The highest BCUT2D eigenvalue weighted by atomic mass is 16.5. The van der Waals surface area contributed by atoms with Crippen molar-refractivity contribution in [3.63, 3.8) is 0 Å². The van der Waals surface area contributed by atoms with Gasteiger partial charge in [0.15, 0.2) is 5.75 Å². The van der Waals surface area contributed by atoms with E-state index in [2.05, 4.69) is 5.32 Å². The van der Waals surface area contributed by atoms with Crippen molar-refractivity contribution < 1.29 is 14.6 Å². The molecule has 0 aromatic heterocycles. The van der Waals surface area contributed by atoms with Crippen LogP contribution in [-0.4, -0.2) is 35.7 Å². The summed E-state index contributed by atoms with van der Waals surface area (Å²) in [5.41, 5.74) is 1.64. The van der Waals surface area contributed by atoms with E-state index in [1.807, 2.05) is 55.5 Å². The van der Waals surface area contributed by atoms with E-state index in [1.165, 1.54) is 0 Å². The predicted molar refractivity (Wildman–Crippen MR) is 95.6 cm³/mol.